The standard InChI is InChI=1S/C52H72N16O9/c1-29(2)44(45(55)71)68-51(77)42(27-69)67-48(74)38(14-7-8-18-53)63-43(70)26-61-47(73)41(22-33-24-60-37-13-6-5-12-35(33)37)66-49(75)39(15-9-19-59-52(56)57)64-50(76)40(65-46(72)36(54)23-34-25-58-28-62-34)21-30-16-17-31-10-3-4-11-32(31)20-30/h3-6,10-13,16-17,20,24-25,28-29,36,38-42,44,60,69H,7-9,14-15,18-19,21-23,26-27,53-54H2,1-2H3,(H2,55,71)(H,58,62)(H,61,73)(H,63,70)(H,64,76)(H,65,72)(H,66,75)(H,67,74)(H,68,77)(H4,56,57,59)/t36-,38-,39-,40+,41-,42+,44-/m0/s1. The molecule has 0 radical (unpaired) electrons. The van der Waals surface area contributed by atoms with E-state index in [-0.39, 0.29) is 57.6 Å². The fraction of sp³-hybridized carbons (Fsp3) is 0.423. The topological polar surface area (TPSA) is 428 Å². The van der Waals surface area contributed by atoms with Gasteiger partial charge in [0.05, 0.1) is 25.5 Å². The van der Waals surface area contributed by atoms with Gasteiger partial charge in [0.25, 0.3) is 0 Å². The molecule has 0 aliphatic carbocycles. The molecular weight excluding hydrogens is 993 g/mol. The molecule has 25 heteroatoms. The monoisotopic (exact) mass is 1060 g/mol. The van der Waals surface area contributed by atoms with Gasteiger partial charge in [0.15, 0.2) is 5.96 Å². The number of fused-ring (bicyclic) bond motifs is 2. The summed E-state index contributed by atoms with van der Waals surface area (Å²) in [6.07, 6.45) is 5.68. The third kappa shape index (κ3) is 18.4. The number of amides is 8. The molecule has 5 aromatic rings. The quantitative estimate of drug-likeness (QED) is 0.0127. The lowest BCUT2D eigenvalue weighted by atomic mass is 9.99. The van der Waals surface area contributed by atoms with E-state index in [2.05, 4.69) is 57.2 Å². The van der Waals surface area contributed by atoms with Crippen LogP contribution in [0.5, 0.6) is 0 Å². The van der Waals surface area contributed by atoms with E-state index < -0.39 is 109 Å². The molecule has 414 valence electrons. The molecular formula is C52H72N16O9. The fourth-order valence-electron chi connectivity index (χ4n) is 8.45. The highest BCUT2D eigenvalue weighted by Crippen LogP contribution is 2.20. The van der Waals surface area contributed by atoms with Crippen LogP contribution < -0.4 is 65.9 Å². The maximum Gasteiger partial charge on any atom is 0.245 e. The number of hydrogen-bond acceptors (Lipinski definition) is 13. The number of primary amides is 1. The first kappa shape index (κ1) is 59.5. The van der Waals surface area contributed by atoms with Crippen molar-refractivity contribution in [3.63, 3.8) is 0 Å². The lowest BCUT2D eigenvalue weighted by molar-refractivity contribution is -0.135. The van der Waals surface area contributed by atoms with Crippen molar-refractivity contribution in [3.05, 3.63) is 102 Å². The average Bonchev–Trinajstić information content (AvgIpc) is 4.08. The van der Waals surface area contributed by atoms with Crippen molar-refractivity contribution in [2.75, 3.05) is 26.2 Å². The number of aliphatic imine (C=N–C) groups is 1. The van der Waals surface area contributed by atoms with Gasteiger partial charge in [-0.05, 0) is 72.5 Å². The second-order valence-corrected chi connectivity index (χ2v) is 19.0. The lowest BCUT2D eigenvalue weighted by Gasteiger charge is -2.26. The Morgan fingerprint density at radius 3 is 1.96 bits per heavy atom. The number of aliphatic hydroxyl groups excluding tert-OH is 1. The number of nitrogens with zero attached hydrogens (tertiary/aromatic N) is 2. The molecule has 0 spiro atoms. The van der Waals surface area contributed by atoms with E-state index >= 15 is 0 Å². The number of rotatable bonds is 31. The third-order valence-electron chi connectivity index (χ3n) is 12.6. The number of imidazole rings is 1. The number of guanidine groups is 1. The molecule has 0 bridgehead atoms. The number of nitrogens with two attached hydrogens (primary N) is 5. The summed E-state index contributed by atoms with van der Waals surface area (Å²) in [4.78, 5) is 123. The highest BCUT2D eigenvalue weighted by atomic mass is 16.3. The van der Waals surface area contributed by atoms with E-state index in [9.17, 15) is 43.5 Å². The van der Waals surface area contributed by atoms with E-state index in [0.717, 1.165) is 21.7 Å². The predicted molar refractivity (Wildman–Crippen MR) is 288 cm³/mol. The molecule has 2 aromatic heterocycles. The van der Waals surface area contributed by atoms with Gasteiger partial charge in [0, 0.05) is 54.8 Å². The molecule has 25 nitrogen and oxygen atoms in total. The minimum absolute atomic E-state index is 0.00224. The first-order valence-electron chi connectivity index (χ1n) is 25.4. The zero-order valence-corrected chi connectivity index (χ0v) is 43.2. The fourth-order valence-corrected chi connectivity index (χ4v) is 8.45. The molecule has 8 amide bonds. The first-order valence-corrected chi connectivity index (χ1v) is 25.4. The number of aromatic amines is 2. The molecule has 0 saturated carbocycles. The van der Waals surface area contributed by atoms with Crippen LogP contribution in [0, 0.1) is 5.92 Å². The van der Waals surface area contributed by atoms with Crippen molar-refractivity contribution in [1.82, 2.24) is 52.2 Å². The average molecular weight is 1070 g/mol. The van der Waals surface area contributed by atoms with Gasteiger partial charge in [-0.2, -0.15) is 0 Å². The highest BCUT2D eigenvalue weighted by Gasteiger charge is 2.33. The summed E-state index contributed by atoms with van der Waals surface area (Å²) in [5.41, 5.74) is 31.3. The van der Waals surface area contributed by atoms with Crippen molar-refractivity contribution in [2.45, 2.75) is 108 Å². The zero-order valence-electron chi connectivity index (χ0n) is 43.2. The number of aliphatic hydroxyl groups is 1. The van der Waals surface area contributed by atoms with Crippen LogP contribution in [-0.4, -0.2) is 142 Å². The molecule has 77 heavy (non-hydrogen) atoms. The largest absolute Gasteiger partial charge is 0.394 e. The number of benzene rings is 3. The number of H-pyrrole nitrogens is 2. The molecule has 5 rings (SSSR count). The maximum atomic E-state index is 14.6. The Kier molecular flexibility index (Phi) is 22.9. The van der Waals surface area contributed by atoms with Gasteiger partial charge >= 0.3 is 0 Å². The van der Waals surface area contributed by atoms with E-state index in [1.165, 1.54) is 12.5 Å². The van der Waals surface area contributed by atoms with Crippen molar-refractivity contribution in [2.24, 2.45) is 39.6 Å². The molecule has 0 aliphatic rings. The highest BCUT2D eigenvalue weighted by molar-refractivity contribution is 5.98. The normalized spacial score (nSPS) is 13.9. The van der Waals surface area contributed by atoms with Crippen molar-refractivity contribution < 1.29 is 43.5 Å². The Labute approximate surface area is 444 Å². The Balaban J connectivity index is 1.37. The van der Waals surface area contributed by atoms with Gasteiger partial charge in [-0.1, -0.05) is 74.5 Å². The second-order valence-electron chi connectivity index (χ2n) is 19.0. The van der Waals surface area contributed by atoms with Gasteiger partial charge in [0.1, 0.15) is 36.3 Å². The molecule has 7 atom stereocenters. The van der Waals surface area contributed by atoms with Gasteiger partial charge in [0.2, 0.25) is 47.3 Å². The zero-order chi connectivity index (χ0) is 56.0. The van der Waals surface area contributed by atoms with Crippen LogP contribution in [0.1, 0.15) is 62.8 Å². The molecule has 0 aliphatic heterocycles. The van der Waals surface area contributed by atoms with Crippen LogP contribution in [0.15, 0.2) is 90.4 Å². The summed E-state index contributed by atoms with van der Waals surface area (Å²) < 4.78 is 0. The molecule has 2 heterocycles. The van der Waals surface area contributed by atoms with Crippen LogP contribution in [0.4, 0.5) is 0 Å². The smallest absolute Gasteiger partial charge is 0.245 e. The van der Waals surface area contributed by atoms with Gasteiger partial charge < -0.3 is 81.0 Å². The Hall–Kier alpha value is -8.42. The number of unbranched alkanes of at least 4 members (excludes halogenated alkanes) is 1. The van der Waals surface area contributed by atoms with Crippen molar-refractivity contribution in [3.8, 4) is 0 Å². The number of hydrogen-bond donors (Lipinski definition) is 15. The van der Waals surface area contributed by atoms with Crippen LogP contribution in [0.3, 0.4) is 0 Å². The van der Waals surface area contributed by atoms with Gasteiger partial charge in [-0.25, -0.2) is 4.98 Å². The number of carbonyl (C=O) groups is 8. The summed E-state index contributed by atoms with van der Waals surface area (Å²) in [5, 5.41) is 30.9. The predicted octanol–water partition coefficient (Wildman–Crippen LogP) is -2.26. The number of nitrogens with one attached hydrogen (secondary N) is 9. The van der Waals surface area contributed by atoms with Crippen LogP contribution in [0.2, 0.25) is 0 Å². The van der Waals surface area contributed by atoms with Crippen molar-refractivity contribution >= 4 is 74.9 Å². The lowest BCUT2D eigenvalue weighted by Crippen LogP contribution is -2.59. The van der Waals surface area contributed by atoms with Crippen LogP contribution in [0.25, 0.3) is 21.7 Å². The summed E-state index contributed by atoms with van der Waals surface area (Å²) in [7, 11) is 0. The Morgan fingerprint density at radius 2 is 1.29 bits per heavy atom. The number of para-hydroxylation sites is 1. The minimum atomic E-state index is -1.52. The summed E-state index contributed by atoms with van der Waals surface area (Å²) in [6.45, 7) is 2.11. The number of carbonyl (C=O) groups excluding carboxylic acids is 8. The van der Waals surface area contributed by atoms with E-state index in [4.69, 9.17) is 28.7 Å². The van der Waals surface area contributed by atoms with E-state index in [0.29, 0.717) is 29.7 Å². The van der Waals surface area contributed by atoms with Crippen molar-refractivity contribution in [1.29, 1.82) is 0 Å². The van der Waals surface area contributed by atoms with Crippen LogP contribution >= 0.6 is 0 Å². The van der Waals surface area contributed by atoms with E-state index in [1.807, 2.05) is 60.7 Å². The van der Waals surface area contributed by atoms with Crippen LogP contribution in [-0.2, 0) is 57.6 Å². The maximum absolute atomic E-state index is 14.6. The summed E-state index contributed by atoms with van der Waals surface area (Å²) in [6, 6.07) is 11.6. The Morgan fingerprint density at radius 1 is 0.662 bits per heavy atom. The van der Waals surface area contributed by atoms with Gasteiger partial charge in [-0.3, -0.25) is 43.3 Å². The van der Waals surface area contributed by atoms with E-state index in [1.54, 1.807) is 26.1 Å². The number of aromatic nitrogens is 3. The van der Waals surface area contributed by atoms with Gasteiger partial charge in [-0.15, -0.1) is 0 Å². The third-order valence-corrected chi connectivity index (χ3v) is 12.6. The molecule has 0 fully saturated rings. The minimum Gasteiger partial charge on any atom is -0.394 e. The molecule has 0 unspecified atom stereocenters. The summed E-state index contributed by atoms with van der Waals surface area (Å²) in [5.74, 6) is -6.96. The molecule has 0 saturated heterocycles. The Bertz CT molecular complexity index is 2830. The SMILES string of the molecule is CC(C)[C@H](NC(=O)[C@@H](CO)NC(=O)[C@H](CCCCN)NC(=O)CNC(=O)[C@H](Cc1c[nH]c2ccccc12)NC(=O)[C@H](CCCN=C(N)N)NC(=O)[C@@H](Cc1ccc2ccccc2c1)NC(=O)[C@@H](N)Cc1cnc[nH]1)C(N)=O. The molecule has 3 aromatic carbocycles. The first-order chi connectivity index (χ1) is 36.9. The molecule has 20 N–H and O–H groups in total. The second kappa shape index (κ2) is 29.6. The summed E-state index contributed by atoms with van der Waals surface area (Å²) >= 11 is 0.